The smallest absolute Gasteiger partial charge is 0.272 e. The molecular formula is C21H31N5O2. The number of aromatic nitrogens is 3. The van der Waals surface area contributed by atoms with Gasteiger partial charge >= 0.3 is 0 Å². The highest BCUT2D eigenvalue weighted by Crippen LogP contribution is 2.30. The Morgan fingerprint density at radius 2 is 2.07 bits per heavy atom. The molecule has 0 saturated carbocycles. The Morgan fingerprint density at radius 1 is 1.25 bits per heavy atom. The van der Waals surface area contributed by atoms with Crippen molar-refractivity contribution in [2.75, 3.05) is 19.6 Å². The number of hydrogen-bond donors (Lipinski definition) is 0. The summed E-state index contributed by atoms with van der Waals surface area (Å²) >= 11 is 0. The zero-order chi connectivity index (χ0) is 19.8. The fourth-order valence-electron chi connectivity index (χ4n) is 4.76. The van der Waals surface area contributed by atoms with Gasteiger partial charge in [-0.2, -0.15) is 5.10 Å². The maximum absolute atomic E-state index is 13.3. The molecule has 1 amide bonds. The van der Waals surface area contributed by atoms with Crippen LogP contribution in [-0.4, -0.2) is 56.3 Å². The van der Waals surface area contributed by atoms with Gasteiger partial charge in [0.25, 0.3) is 5.91 Å². The van der Waals surface area contributed by atoms with Crippen molar-refractivity contribution in [1.82, 2.24) is 24.7 Å². The minimum atomic E-state index is 0.131. The van der Waals surface area contributed by atoms with Gasteiger partial charge in [0.05, 0.1) is 11.4 Å². The lowest BCUT2D eigenvalue weighted by Gasteiger charge is -2.36. The summed E-state index contributed by atoms with van der Waals surface area (Å²) in [6, 6.07) is 2.24. The van der Waals surface area contributed by atoms with Gasteiger partial charge in [-0.15, -0.1) is 0 Å². The normalized spacial score (nSPS) is 22.6. The summed E-state index contributed by atoms with van der Waals surface area (Å²) in [6.45, 7) is 9.75. The number of piperidine rings is 1. The van der Waals surface area contributed by atoms with Crippen molar-refractivity contribution in [3.63, 3.8) is 0 Å². The van der Waals surface area contributed by atoms with E-state index < -0.39 is 0 Å². The molecule has 5 rings (SSSR count). The average Bonchev–Trinajstić information content (AvgIpc) is 3.04. The zero-order valence-electron chi connectivity index (χ0n) is 17.4. The third-order valence-electron chi connectivity index (χ3n) is 6.27. The second-order valence-electron chi connectivity index (χ2n) is 8.45. The monoisotopic (exact) mass is 385 g/mol. The van der Waals surface area contributed by atoms with E-state index in [0.29, 0.717) is 11.6 Å². The van der Waals surface area contributed by atoms with Gasteiger partial charge < -0.3 is 9.42 Å². The molecule has 3 saturated heterocycles. The Labute approximate surface area is 166 Å². The molecular weight excluding hydrogens is 354 g/mol. The molecule has 0 unspecified atom stereocenters. The first-order chi connectivity index (χ1) is 13.5. The highest BCUT2D eigenvalue weighted by atomic mass is 16.5. The molecule has 0 aliphatic carbocycles. The molecule has 2 atom stereocenters. The molecule has 3 aliphatic rings. The summed E-state index contributed by atoms with van der Waals surface area (Å²) in [5, 5.41) is 8.62. The van der Waals surface area contributed by atoms with Crippen LogP contribution < -0.4 is 0 Å². The third-order valence-corrected chi connectivity index (χ3v) is 6.27. The van der Waals surface area contributed by atoms with Crippen molar-refractivity contribution in [2.45, 2.75) is 59.0 Å². The standard InChI is InChI=1S/C21H31N5O2/c1-5-6-17-9-20(24(4)22-17)21(27)26-11-16-7-8-18(26)12-25(10-16)13-19-14(2)23-28-15(19)3/h9,16,18H,5-8,10-13H2,1-4H3/t16-,18+/m0/s1. The molecule has 0 N–H and O–H groups in total. The van der Waals surface area contributed by atoms with Crippen molar-refractivity contribution in [1.29, 1.82) is 0 Å². The number of hydrogen-bond acceptors (Lipinski definition) is 5. The highest BCUT2D eigenvalue weighted by molar-refractivity contribution is 5.93. The summed E-state index contributed by atoms with van der Waals surface area (Å²) in [5.74, 6) is 1.55. The second-order valence-corrected chi connectivity index (χ2v) is 8.45. The molecule has 2 bridgehead atoms. The molecule has 0 spiro atoms. The van der Waals surface area contributed by atoms with E-state index in [2.05, 4.69) is 27.0 Å². The summed E-state index contributed by atoms with van der Waals surface area (Å²) in [6.07, 6.45) is 4.22. The SMILES string of the molecule is CCCc1cc(C(=O)N2C[C@H]3CC[C@@H]2CN(Cc2c(C)noc2C)C3)n(C)n1. The molecule has 0 radical (unpaired) electrons. The number of carbonyl (C=O) groups is 1. The maximum atomic E-state index is 13.3. The van der Waals surface area contributed by atoms with Gasteiger partial charge in [-0.05, 0) is 45.1 Å². The summed E-state index contributed by atoms with van der Waals surface area (Å²) in [7, 11) is 1.88. The Balaban J connectivity index is 1.51. The third kappa shape index (κ3) is 3.60. The Hall–Kier alpha value is -2.15. The summed E-state index contributed by atoms with van der Waals surface area (Å²) in [4.78, 5) is 17.9. The maximum Gasteiger partial charge on any atom is 0.272 e. The van der Waals surface area contributed by atoms with E-state index >= 15 is 0 Å². The number of carbonyl (C=O) groups excluding carboxylic acids is 1. The first-order valence-electron chi connectivity index (χ1n) is 10.4. The Bertz CT molecular complexity index is 836. The van der Waals surface area contributed by atoms with Gasteiger partial charge in [-0.25, -0.2) is 0 Å². The minimum absolute atomic E-state index is 0.131. The van der Waals surface area contributed by atoms with Crippen molar-refractivity contribution in [3.8, 4) is 0 Å². The number of rotatable bonds is 5. The molecule has 7 heteroatoms. The van der Waals surface area contributed by atoms with Crippen molar-refractivity contribution in [2.24, 2.45) is 13.0 Å². The van der Waals surface area contributed by atoms with E-state index in [0.717, 1.165) is 62.6 Å². The molecule has 2 aromatic heterocycles. The number of fused-ring (bicyclic) bond motifs is 4. The first-order valence-corrected chi connectivity index (χ1v) is 10.4. The van der Waals surface area contributed by atoms with Crippen LogP contribution in [0.1, 0.15) is 59.4 Å². The van der Waals surface area contributed by atoms with Crippen LogP contribution in [0.4, 0.5) is 0 Å². The highest BCUT2D eigenvalue weighted by Gasteiger charge is 2.38. The Kier molecular flexibility index (Phi) is 5.27. The molecule has 7 nitrogen and oxygen atoms in total. The molecule has 2 aromatic rings. The van der Waals surface area contributed by atoms with Gasteiger partial charge in [0.15, 0.2) is 0 Å². The van der Waals surface area contributed by atoms with Gasteiger partial charge in [0.2, 0.25) is 0 Å². The van der Waals surface area contributed by atoms with Gasteiger partial charge in [0, 0.05) is 44.8 Å². The second kappa shape index (κ2) is 7.70. The lowest BCUT2D eigenvalue weighted by Crippen LogP contribution is -2.47. The van der Waals surface area contributed by atoms with Gasteiger partial charge in [-0.1, -0.05) is 18.5 Å². The molecule has 152 valence electrons. The quantitative estimate of drug-likeness (QED) is 0.792. The first kappa shape index (κ1) is 19.2. The summed E-state index contributed by atoms with van der Waals surface area (Å²) < 4.78 is 7.10. The lowest BCUT2D eigenvalue weighted by molar-refractivity contribution is 0.0573. The molecule has 5 heterocycles. The average molecular weight is 386 g/mol. The minimum Gasteiger partial charge on any atom is -0.361 e. The molecule has 0 aromatic carbocycles. The molecule has 3 fully saturated rings. The van der Waals surface area contributed by atoms with Crippen LogP contribution in [0.2, 0.25) is 0 Å². The fourth-order valence-corrected chi connectivity index (χ4v) is 4.76. The van der Waals surface area contributed by atoms with Crippen molar-refractivity contribution < 1.29 is 9.32 Å². The van der Waals surface area contributed by atoms with Crippen LogP contribution >= 0.6 is 0 Å². The van der Waals surface area contributed by atoms with Crippen LogP contribution in [-0.2, 0) is 20.0 Å². The van der Waals surface area contributed by atoms with Crippen LogP contribution in [0.3, 0.4) is 0 Å². The number of aryl methyl sites for hydroxylation is 4. The predicted molar refractivity (Wildman–Crippen MR) is 106 cm³/mol. The van der Waals surface area contributed by atoms with Crippen LogP contribution in [0, 0.1) is 19.8 Å². The molecule has 3 aliphatic heterocycles. The van der Waals surface area contributed by atoms with Gasteiger partial charge in [-0.3, -0.25) is 14.4 Å². The Morgan fingerprint density at radius 3 is 2.79 bits per heavy atom. The lowest BCUT2D eigenvalue weighted by atomic mass is 9.94. The number of nitrogens with zero attached hydrogens (tertiary/aromatic N) is 5. The van der Waals surface area contributed by atoms with E-state index in [1.54, 1.807) is 4.68 Å². The topological polar surface area (TPSA) is 67.4 Å². The van der Waals surface area contributed by atoms with E-state index in [9.17, 15) is 4.79 Å². The van der Waals surface area contributed by atoms with Gasteiger partial charge in [0.1, 0.15) is 11.5 Å². The zero-order valence-corrected chi connectivity index (χ0v) is 17.4. The van der Waals surface area contributed by atoms with Crippen LogP contribution in [0.15, 0.2) is 10.6 Å². The van der Waals surface area contributed by atoms with E-state index in [1.165, 1.54) is 12.0 Å². The molecule has 28 heavy (non-hydrogen) atoms. The van der Waals surface area contributed by atoms with E-state index in [1.807, 2.05) is 27.0 Å². The van der Waals surface area contributed by atoms with E-state index in [-0.39, 0.29) is 11.9 Å². The number of amides is 1. The predicted octanol–water partition coefficient (Wildman–Crippen LogP) is 2.71. The summed E-state index contributed by atoms with van der Waals surface area (Å²) in [5.41, 5.74) is 3.89. The van der Waals surface area contributed by atoms with Crippen LogP contribution in [0.5, 0.6) is 0 Å². The van der Waals surface area contributed by atoms with Crippen molar-refractivity contribution >= 4 is 5.91 Å². The fraction of sp³-hybridized carbons (Fsp3) is 0.667. The van der Waals surface area contributed by atoms with Crippen LogP contribution in [0.25, 0.3) is 0 Å². The largest absolute Gasteiger partial charge is 0.361 e. The van der Waals surface area contributed by atoms with E-state index in [4.69, 9.17) is 4.52 Å². The van der Waals surface area contributed by atoms with Crippen molar-refractivity contribution in [3.05, 3.63) is 34.5 Å².